The third-order valence-electron chi connectivity index (χ3n) is 7.57. The maximum atomic E-state index is 12.8. The number of carbonyl (C=O) groups is 2. The van der Waals surface area contributed by atoms with Crippen LogP contribution in [0.15, 0.2) is 18.2 Å². The molecule has 176 valence electrons. The molecule has 3 aliphatic rings. The van der Waals surface area contributed by atoms with Gasteiger partial charge >= 0.3 is 6.03 Å². The number of carbonyl (C=O) groups excluding carboxylic acids is 2. The molecule has 2 aliphatic heterocycles. The van der Waals surface area contributed by atoms with E-state index in [2.05, 4.69) is 10.2 Å². The van der Waals surface area contributed by atoms with Crippen molar-refractivity contribution in [1.82, 2.24) is 9.80 Å². The molecule has 8 nitrogen and oxygen atoms in total. The molecule has 1 aromatic carbocycles. The molecule has 3 amide bonds. The van der Waals surface area contributed by atoms with Crippen molar-refractivity contribution in [2.45, 2.75) is 51.0 Å². The zero-order valence-electron chi connectivity index (χ0n) is 19.3. The van der Waals surface area contributed by atoms with E-state index in [0.717, 1.165) is 45.2 Å². The van der Waals surface area contributed by atoms with Gasteiger partial charge in [0.25, 0.3) is 0 Å². The van der Waals surface area contributed by atoms with Crippen molar-refractivity contribution >= 4 is 17.6 Å². The van der Waals surface area contributed by atoms with Crippen LogP contribution in [0, 0.1) is 11.3 Å². The molecule has 0 aromatic heterocycles. The number of methoxy groups -OCH3 is 2. The lowest BCUT2D eigenvalue weighted by molar-refractivity contribution is -0.132. The molecular weight excluding hydrogens is 408 g/mol. The first-order valence-electron chi connectivity index (χ1n) is 11.8. The fraction of sp³-hybridized carbons (Fsp3) is 0.667. The van der Waals surface area contributed by atoms with Crippen LogP contribution >= 0.6 is 0 Å². The second kappa shape index (κ2) is 9.57. The summed E-state index contributed by atoms with van der Waals surface area (Å²) < 4.78 is 10.6. The number of nitrogens with zero attached hydrogens (tertiary/aromatic N) is 2. The Bertz CT molecular complexity index is 825. The average molecular weight is 445 g/mol. The van der Waals surface area contributed by atoms with E-state index in [9.17, 15) is 9.59 Å². The molecule has 0 radical (unpaired) electrons. The van der Waals surface area contributed by atoms with Gasteiger partial charge in [0.2, 0.25) is 5.91 Å². The van der Waals surface area contributed by atoms with Crippen molar-refractivity contribution in [3.05, 3.63) is 18.2 Å². The van der Waals surface area contributed by atoms with Gasteiger partial charge in [-0.1, -0.05) is 12.8 Å². The summed E-state index contributed by atoms with van der Waals surface area (Å²) in [5.74, 6) is 1.87. The Balaban J connectivity index is 1.28. The summed E-state index contributed by atoms with van der Waals surface area (Å²) in [6.45, 7) is 3.27. The SMILES string of the molecule is COc1ccc(OC)c(NC(=O)N2CCC(N3CCC(CC4CC4)(C(N)=O)CC3)CC2)c1. The van der Waals surface area contributed by atoms with E-state index >= 15 is 0 Å². The zero-order chi connectivity index (χ0) is 22.7. The van der Waals surface area contributed by atoms with Gasteiger partial charge in [-0.2, -0.15) is 0 Å². The molecule has 2 heterocycles. The lowest BCUT2D eigenvalue weighted by Crippen LogP contribution is -2.53. The molecule has 0 atom stereocenters. The van der Waals surface area contributed by atoms with Crippen LogP contribution in [0.5, 0.6) is 11.5 Å². The quantitative estimate of drug-likeness (QED) is 0.674. The Morgan fingerprint density at radius 1 is 1.06 bits per heavy atom. The summed E-state index contributed by atoms with van der Waals surface area (Å²) in [6.07, 6.45) is 7.10. The van der Waals surface area contributed by atoms with E-state index in [1.165, 1.54) is 12.8 Å². The minimum absolute atomic E-state index is 0.108. The minimum atomic E-state index is -0.298. The Morgan fingerprint density at radius 3 is 2.31 bits per heavy atom. The summed E-state index contributed by atoms with van der Waals surface area (Å²) in [5, 5.41) is 2.96. The predicted octanol–water partition coefficient (Wildman–Crippen LogP) is 3.07. The van der Waals surface area contributed by atoms with Gasteiger partial charge in [-0.05, 0) is 63.2 Å². The highest BCUT2D eigenvalue weighted by Gasteiger charge is 2.44. The molecule has 4 rings (SSSR count). The van der Waals surface area contributed by atoms with Crippen LogP contribution < -0.4 is 20.5 Å². The largest absolute Gasteiger partial charge is 0.497 e. The van der Waals surface area contributed by atoms with Crippen molar-refractivity contribution in [3.8, 4) is 11.5 Å². The van der Waals surface area contributed by atoms with Crippen molar-refractivity contribution in [2.75, 3.05) is 45.7 Å². The molecule has 3 fully saturated rings. The van der Waals surface area contributed by atoms with E-state index in [1.54, 1.807) is 32.4 Å². The molecule has 0 bridgehead atoms. The molecule has 32 heavy (non-hydrogen) atoms. The van der Waals surface area contributed by atoms with Crippen LogP contribution in [-0.2, 0) is 4.79 Å². The first-order valence-corrected chi connectivity index (χ1v) is 11.8. The van der Waals surface area contributed by atoms with Crippen molar-refractivity contribution < 1.29 is 19.1 Å². The number of benzene rings is 1. The maximum Gasteiger partial charge on any atom is 0.321 e. The van der Waals surface area contributed by atoms with Crippen LogP contribution in [0.4, 0.5) is 10.5 Å². The summed E-state index contributed by atoms with van der Waals surface area (Å²) in [4.78, 5) is 29.4. The van der Waals surface area contributed by atoms with Gasteiger partial charge in [0, 0.05) is 25.2 Å². The predicted molar refractivity (Wildman–Crippen MR) is 123 cm³/mol. The molecule has 8 heteroatoms. The molecule has 1 saturated carbocycles. The molecule has 1 aromatic rings. The smallest absolute Gasteiger partial charge is 0.321 e. The molecule has 1 aliphatic carbocycles. The number of hydrogen-bond acceptors (Lipinski definition) is 5. The van der Waals surface area contributed by atoms with Crippen LogP contribution in [0.3, 0.4) is 0 Å². The average Bonchev–Trinajstić information content (AvgIpc) is 3.63. The summed E-state index contributed by atoms with van der Waals surface area (Å²) in [6, 6.07) is 5.69. The lowest BCUT2D eigenvalue weighted by atomic mass is 9.73. The van der Waals surface area contributed by atoms with Gasteiger partial charge in [-0.15, -0.1) is 0 Å². The number of nitrogens with two attached hydrogens (primary N) is 1. The van der Waals surface area contributed by atoms with Crippen molar-refractivity contribution in [2.24, 2.45) is 17.1 Å². The van der Waals surface area contributed by atoms with Gasteiger partial charge < -0.3 is 30.3 Å². The zero-order valence-corrected chi connectivity index (χ0v) is 19.3. The fourth-order valence-electron chi connectivity index (χ4n) is 5.28. The van der Waals surface area contributed by atoms with Gasteiger partial charge in [0.1, 0.15) is 11.5 Å². The number of ether oxygens (including phenoxy) is 2. The van der Waals surface area contributed by atoms with E-state index < -0.39 is 0 Å². The molecular formula is C24H36N4O4. The Kier molecular flexibility index (Phi) is 6.79. The summed E-state index contributed by atoms with van der Waals surface area (Å²) in [7, 11) is 3.18. The summed E-state index contributed by atoms with van der Waals surface area (Å²) in [5.41, 5.74) is 6.14. The number of urea groups is 1. The second-order valence-electron chi connectivity index (χ2n) is 9.54. The number of anilines is 1. The van der Waals surface area contributed by atoms with Crippen molar-refractivity contribution in [1.29, 1.82) is 0 Å². The van der Waals surface area contributed by atoms with Crippen LogP contribution in [0.1, 0.15) is 44.9 Å². The monoisotopic (exact) mass is 444 g/mol. The molecule has 2 saturated heterocycles. The molecule has 0 unspecified atom stereocenters. The number of likely N-dealkylation sites (tertiary alicyclic amines) is 2. The highest BCUT2D eigenvalue weighted by Crippen LogP contribution is 2.46. The van der Waals surface area contributed by atoms with E-state index in [1.807, 2.05) is 4.90 Å². The lowest BCUT2D eigenvalue weighted by Gasteiger charge is -2.45. The second-order valence-corrected chi connectivity index (χ2v) is 9.54. The third kappa shape index (κ3) is 4.95. The van der Waals surface area contributed by atoms with Gasteiger partial charge in [-0.3, -0.25) is 4.79 Å². The van der Waals surface area contributed by atoms with Gasteiger partial charge in [0.05, 0.1) is 25.3 Å². The molecule has 0 spiro atoms. The van der Waals surface area contributed by atoms with E-state index in [4.69, 9.17) is 15.2 Å². The molecule has 3 N–H and O–H groups in total. The van der Waals surface area contributed by atoms with Gasteiger partial charge in [-0.25, -0.2) is 4.79 Å². The normalized spacial score (nSPS) is 21.8. The number of hydrogen-bond donors (Lipinski definition) is 2. The Morgan fingerprint density at radius 2 is 1.75 bits per heavy atom. The van der Waals surface area contributed by atoms with E-state index in [-0.39, 0.29) is 17.4 Å². The fourth-order valence-corrected chi connectivity index (χ4v) is 5.28. The van der Waals surface area contributed by atoms with Crippen LogP contribution in [0.25, 0.3) is 0 Å². The van der Waals surface area contributed by atoms with Crippen LogP contribution in [-0.4, -0.2) is 68.2 Å². The Labute approximate surface area is 190 Å². The third-order valence-corrected chi connectivity index (χ3v) is 7.57. The first kappa shape index (κ1) is 22.7. The van der Waals surface area contributed by atoms with Crippen molar-refractivity contribution in [3.63, 3.8) is 0 Å². The highest BCUT2D eigenvalue weighted by molar-refractivity contribution is 5.91. The van der Waals surface area contributed by atoms with Crippen LogP contribution in [0.2, 0.25) is 0 Å². The van der Waals surface area contributed by atoms with E-state index in [0.29, 0.717) is 42.2 Å². The maximum absolute atomic E-state index is 12.8. The number of rotatable bonds is 7. The topological polar surface area (TPSA) is 97.1 Å². The summed E-state index contributed by atoms with van der Waals surface area (Å²) >= 11 is 0. The minimum Gasteiger partial charge on any atom is -0.497 e. The number of amides is 3. The number of nitrogens with one attached hydrogen (secondary N) is 1. The van der Waals surface area contributed by atoms with Gasteiger partial charge in [0.15, 0.2) is 0 Å². The first-order chi connectivity index (χ1) is 15.4. The number of piperidine rings is 2. The highest BCUT2D eigenvalue weighted by atomic mass is 16.5. The standard InChI is InChI=1S/C24H36N4O4/c1-31-19-5-6-21(32-2)20(15-19)26-23(30)28-11-7-18(8-12-28)27-13-9-24(10-14-27,22(25)29)16-17-3-4-17/h5-6,15,17-18H,3-4,7-14,16H2,1-2H3,(H2,25,29)(H,26,30). The Hall–Kier alpha value is -2.48. The number of primary amides is 1.